The average molecular weight is 610 g/mol. The molecule has 0 spiro atoms. The number of urea groups is 2. The Bertz CT molecular complexity index is 1650. The molecule has 6 rings (SSSR count). The van der Waals surface area contributed by atoms with E-state index in [9.17, 15) is 9.59 Å². The number of benzene rings is 2. The average Bonchev–Trinajstić information content (AvgIpc) is 3.64. The van der Waals surface area contributed by atoms with Crippen LogP contribution in [-0.2, 0) is 11.8 Å². The molecule has 2 aromatic carbocycles. The summed E-state index contributed by atoms with van der Waals surface area (Å²) in [5.41, 5.74) is 6.09. The topological polar surface area (TPSA) is 117 Å². The maximum absolute atomic E-state index is 13.2. The van der Waals surface area contributed by atoms with Crippen LogP contribution in [0.3, 0.4) is 0 Å². The first-order valence-electron chi connectivity index (χ1n) is 15.8. The number of carbonyl (C=O) groups is 2. The summed E-state index contributed by atoms with van der Waals surface area (Å²) in [6.07, 6.45) is 4.99. The monoisotopic (exact) mass is 609 g/mol. The Morgan fingerprint density at radius 3 is 2.18 bits per heavy atom. The molecule has 4 aromatic rings. The first kappa shape index (κ1) is 30.4. The lowest BCUT2D eigenvalue weighted by atomic mass is 9.86. The number of anilines is 3. The van der Waals surface area contributed by atoms with Gasteiger partial charge in [0.15, 0.2) is 5.76 Å². The molecule has 0 aliphatic carbocycles. The molecule has 2 atom stereocenters. The number of nitrogens with zero attached hydrogens (tertiary/aromatic N) is 4. The summed E-state index contributed by atoms with van der Waals surface area (Å²) in [6, 6.07) is 18.2. The van der Waals surface area contributed by atoms with E-state index in [-0.39, 0.29) is 29.6 Å². The largest absolute Gasteiger partial charge is 0.359 e. The van der Waals surface area contributed by atoms with Crippen molar-refractivity contribution in [3.05, 3.63) is 82.9 Å². The quantitative estimate of drug-likeness (QED) is 0.207. The van der Waals surface area contributed by atoms with Crippen LogP contribution in [0.1, 0.15) is 74.7 Å². The van der Waals surface area contributed by atoms with E-state index in [1.54, 1.807) is 4.68 Å². The standard InChI is InChI=1S/C35H43N7O3/c1-21-7-13-27(14-8-21)42-31(20-30(39-42)35(4,5)6)37-33(43)36-26-11-9-24(10-12-26)17-25-18-28-15-16-29(19-25)41(28)34(44)38-32-22(2)40-45-23(32)3/h7-14,20,25,28-29H,15-19H2,1-6H3,(H,38,44)(H2,36,37,43). The van der Waals surface area contributed by atoms with Gasteiger partial charge >= 0.3 is 12.1 Å². The zero-order chi connectivity index (χ0) is 31.9. The third-order valence-electron chi connectivity index (χ3n) is 9.06. The van der Waals surface area contributed by atoms with Crippen molar-refractivity contribution in [3.63, 3.8) is 0 Å². The number of hydrogen-bond acceptors (Lipinski definition) is 5. The molecular weight excluding hydrogens is 566 g/mol. The van der Waals surface area contributed by atoms with Crippen molar-refractivity contribution in [1.82, 2.24) is 19.8 Å². The fraction of sp³-hybridized carbons (Fsp3) is 0.429. The molecule has 2 unspecified atom stereocenters. The van der Waals surface area contributed by atoms with Gasteiger partial charge in [-0.2, -0.15) is 5.10 Å². The van der Waals surface area contributed by atoms with Gasteiger partial charge in [-0.3, -0.25) is 5.32 Å². The zero-order valence-electron chi connectivity index (χ0n) is 27.0. The van der Waals surface area contributed by atoms with Gasteiger partial charge in [0.2, 0.25) is 0 Å². The molecule has 10 nitrogen and oxygen atoms in total. The molecule has 4 heterocycles. The van der Waals surface area contributed by atoms with E-state index < -0.39 is 0 Å². The molecule has 3 N–H and O–H groups in total. The summed E-state index contributed by atoms with van der Waals surface area (Å²) >= 11 is 0. The van der Waals surface area contributed by atoms with Gasteiger partial charge in [-0.25, -0.2) is 14.3 Å². The third-order valence-corrected chi connectivity index (χ3v) is 9.06. The Balaban J connectivity index is 1.06. The van der Waals surface area contributed by atoms with Gasteiger partial charge in [0.1, 0.15) is 17.2 Å². The van der Waals surface area contributed by atoms with E-state index in [1.807, 2.05) is 68.1 Å². The summed E-state index contributed by atoms with van der Waals surface area (Å²) in [5.74, 6) is 1.74. The molecule has 0 radical (unpaired) electrons. The summed E-state index contributed by atoms with van der Waals surface area (Å²) in [4.78, 5) is 28.3. The highest BCUT2D eigenvalue weighted by molar-refractivity contribution is 5.99. The van der Waals surface area contributed by atoms with Crippen LogP contribution in [0.4, 0.5) is 26.8 Å². The first-order valence-corrected chi connectivity index (χ1v) is 15.8. The minimum absolute atomic E-state index is 0.0550. The first-order chi connectivity index (χ1) is 21.4. The SMILES string of the molecule is Cc1ccc(-n2nc(C(C)(C)C)cc2NC(=O)Nc2ccc(CC3CC4CCC(C3)N4C(=O)Nc3c(C)noc3C)cc2)cc1. The van der Waals surface area contributed by atoms with Crippen LogP contribution in [-0.4, -0.2) is 44.0 Å². The zero-order valence-corrected chi connectivity index (χ0v) is 27.0. The van der Waals surface area contributed by atoms with Crippen LogP contribution in [0.5, 0.6) is 0 Å². The summed E-state index contributed by atoms with van der Waals surface area (Å²) in [7, 11) is 0. The second-order valence-corrected chi connectivity index (χ2v) is 13.7. The van der Waals surface area contributed by atoms with Crippen molar-refractivity contribution in [3.8, 4) is 5.69 Å². The fourth-order valence-electron chi connectivity index (χ4n) is 6.68. The number of fused-ring (bicyclic) bond motifs is 2. The fourth-order valence-corrected chi connectivity index (χ4v) is 6.68. The van der Waals surface area contributed by atoms with Crippen molar-refractivity contribution < 1.29 is 14.1 Å². The summed E-state index contributed by atoms with van der Waals surface area (Å²) in [5, 5.41) is 17.8. The van der Waals surface area contributed by atoms with E-state index >= 15 is 0 Å². The number of rotatable bonds is 6. The van der Waals surface area contributed by atoms with E-state index in [0.29, 0.717) is 28.9 Å². The molecule has 0 saturated carbocycles. The smallest absolute Gasteiger partial charge is 0.324 e. The van der Waals surface area contributed by atoms with E-state index in [1.165, 1.54) is 5.56 Å². The normalized spacial score (nSPS) is 19.4. The van der Waals surface area contributed by atoms with E-state index in [2.05, 4.69) is 54.0 Å². The van der Waals surface area contributed by atoms with E-state index in [0.717, 1.165) is 54.7 Å². The molecule has 236 valence electrons. The van der Waals surface area contributed by atoms with Crippen molar-refractivity contribution in [2.45, 2.75) is 91.1 Å². The van der Waals surface area contributed by atoms with Gasteiger partial charge in [0.25, 0.3) is 0 Å². The van der Waals surface area contributed by atoms with Gasteiger partial charge in [-0.1, -0.05) is 55.8 Å². The second-order valence-electron chi connectivity index (χ2n) is 13.7. The molecule has 4 amide bonds. The molecule has 2 fully saturated rings. The third kappa shape index (κ3) is 6.60. The Morgan fingerprint density at radius 1 is 0.911 bits per heavy atom. The molecule has 2 aromatic heterocycles. The predicted molar refractivity (Wildman–Crippen MR) is 176 cm³/mol. The number of piperidine rings is 1. The van der Waals surface area contributed by atoms with Gasteiger partial charge in [0, 0.05) is 29.3 Å². The number of aromatic nitrogens is 3. The minimum atomic E-state index is -0.324. The van der Waals surface area contributed by atoms with Crippen LogP contribution in [0.25, 0.3) is 5.69 Å². The Labute approximate surface area is 264 Å². The molecular formula is C35H43N7O3. The highest BCUT2D eigenvalue weighted by Crippen LogP contribution is 2.40. The second kappa shape index (κ2) is 12.1. The van der Waals surface area contributed by atoms with Crippen LogP contribution >= 0.6 is 0 Å². The van der Waals surface area contributed by atoms with Gasteiger partial charge in [0.05, 0.1) is 11.4 Å². The molecule has 10 heteroatoms. The van der Waals surface area contributed by atoms with Crippen molar-refractivity contribution in [2.75, 3.05) is 16.0 Å². The number of nitrogens with one attached hydrogen (secondary N) is 3. The van der Waals surface area contributed by atoms with Gasteiger partial charge in [-0.15, -0.1) is 0 Å². The summed E-state index contributed by atoms with van der Waals surface area (Å²) < 4.78 is 6.99. The molecule has 45 heavy (non-hydrogen) atoms. The minimum Gasteiger partial charge on any atom is -0.359 e. The highest BCUT2D eigenvalue weighted by atomic mass is 16.5. The number of carbonyl (C=O) groups excluding carboxylic acids is 2. The predicted octanol–water partition coefficient (Wildman–Crippen LogP) is 7.74. The van der Waals surface area contributed by atoms with Crippen LogP contribution in [0.15, 0.2) is 59.1 Å². The maximum atomic E-state index is 13.2. The Kier molecular flexibility index (Phi) is 8.16. The molecule has 2 aliphatic heterocycles. The van der Waals surface area contributed by atoms with Crippen molar-refractivity contribution in [2.24, 2.45) is 5.92 Å². The maximum Gasteiger partial charge on any atom is 0.324 e. The number of hydrogen-bond donors (Lipinski definition) is 3. The lowest BCUT2D eigenvalue weighted by Gasteiger charge is -2.39. The lowest BCUT2D eigenvalue weighted by Crippen LogP contribution is -2.48. The summed E-state index contributed by atoms with van der Waals surface area (Å²) in [6.45, 7) is 12.0. The Morgan fingerprint density at radius 2 is 1.58 bits per heavy atom. The highest BCUT2D eigenvalue weighted by Gasteiger charge is 2.43. The van der Waals surface area contributed by atoms with Crippen LogP contribution in [0.2, 0.25) is 0 Å². The lowest BCUT2D eigenvalue weighted by molar-refractivity contribution is 0.131. The van der Waals surface area contributed by atoms with Crippen molar-refractivity contribution >= 4 is 29.3 Å². The van der Waals surface area contributed by atoms with E-state index in [4.69, 9.17) is 9.62 Å². The number of aryl methyl sites for hydroxylation is 3. The molecule has 2 bridgehead atoms. The molecule has 2 aliphatic rings. The van der Waals surface area contributed by atoms with Crippen LogP contribution < -0.4 is 16.0 Å². The Hall–Kier alpha value is -4.60. The molecule has 2 saturated heterocycles. The van der Waals surface area contributed by atoms with Gasteiger partial charge < -0.3 is 20.1 Å². The van der Waals surface area contributed by atoms with Crippen molar-refractivity contribution in [1.29, 1.82) is 0 Å². The van der Waals surface area contributed by atoms with Crippen LogP contribution in [0, 0.1) is 26.7 Å². The number of amides is 4. The van der Waals surface area contributed by atoms with Gasteiger partial charge in [-0.05, 0) is 88.6 Å².